The van der Waals surface area contributed by atoms with Crippen LogP contribution in [0.25, 0.3) is 0 Å². The molecule has 1 spiro atoms. The number of hydrogen-bond acceptors (Lipinski definition) is 6. The van der Waals surface area contributed by atoms with Gasteiger partial charge in [0.1, 0.15) is 6.10 Å². The Labute approximate surface area is 207 Å². The molecule has 0 unspecified atom stereocenters. The lowest BCUT2D eigenvalue weighted by atomic mass is 9.32. The topological polar surface area (TPSA) is 96.4 Å². The average molecular weight is 483 g/mol. The van der Waals surface area contributed by atoms with Crippen LogP contribution in [0, 0.1) is 45.3 Å². The Morgan fingerprint density at radius 1 is 1.06 bits per heavy atom. The van der Waals surface area contributed by atoms with Gasteiger partial charge < -0.3 is 19.7 Å². The van der Waals surface area contributed by atoms with Gasteiger partial charge in [0.05, 0.1) is 17.6 Å². The second-order valence-electron chi connectivity index (χ2n) is 13.8. The Morgan fingerprint density at radius 3 is 2.49 bits per heavy atom. The van der Waals surface area contributed by atoms with Crippen LogP contribution in [0.3, 0.4) is 0 Å². The van der Waals surface area contributed by atoms with Gasteiger partial charge in [-0.1, -0.05) is 34.6 Å². The summed E-state index contributed by atoms with van der Waals surface area (Å²) in [6.45, 7) is 12.9. The van der Waals surface area contributed by atoms with E-state index in [1.807, 2.05) is 0 Å². The lowest BCUT2D eigenvalue weighted by Gasteiger charge is -2.70. The quantitative estimate of drug-likeness (QED) is 0.396. The molecule has 0 radical (unpaired) electrons. The molecule has 0 aromatic heterocycles. The van der Waals surface area contributed by atoms with E-state index in [0.29, 0.717) is 23.8 Å². The van der Waals surface area contributed by atoms with Gasteiger partial charge in [-0.3, -0.25) is 9.59 Å². The molecule has 2 N–H and O–H groups in total. The molecule has 35 heavy (non-hydrogen) atoms. The fourth-order valence-corrected chi connectivity index (χ4v) is 11.2. The van der Waals surface area contributed by atoms with Crippen molar-refractivity contribution in [3.8, 4) is 0 Å². The Kier molecular flexibility index (Phi) is 3.91. The third-order valence-electron chi connectivity index (χ3n) is 12.9. The van der Waals surface area contributed by atoms with E-state index in [1.54, 1.807) is 13.0 Å². The summed E-state index contributed by atoms with van der Waals surface area (Å²) >= 11 is 0. The van der Waals surface area contributed by atoms with Gasteiger partial charge >= 0.3 is 5.97 Å². The maximum atomic E-state index is 13.7. The number of fused-ring (bicyclic) bond motifs is 6. The number of epoxide rings is 1. The number of aliphatic hydroxyl groups is 2. The Balaban J connectivity index is 1.46. The summed E-state index contributed by atoms with van der Waals surface area (Å²) in [6, 6.07) is 0. The van der Waals surface area contributed by atoms with Gasteiger partial charge in [-0.2, -0.15) is 0 Å². The number of hydrogen-bond donors (Lipinski definition) is 2. The third kappa shape index (κ3) is 2.06. The molecular weight excluding hydrogens is 444 g/mol. The van der Waals surface area contributed by atoms with Crippen LogP contribution in [-0.4, -0.2) is 45.9 Å². The number of ether oxygens (including phenoxy) is 2. The molecule has 2 aliphatic heterocycles. The van der Waals surface area contributed by atoms with E-state index in [0.717, 1.165) is 31.3 Å². The minimum Gasteiger partial charge on any atom is -0.504 e. The summed E-state index contributed by atoms with van der Waals surface area (Å²) in [7, 11) is 0. The highest BCUT2D eigenvalue weighted by atomic mass is 16.6. The van der Waals surface area contributed by atoms with Crippen molar-refractivity contribution in [2.24, 2.45) is 45.3 Å². The number of carbonyl (C=O) groups is 2. The van der Waals surface area contributed by atoms with E-state index in [4.69, 9.17) is 9.47 Å². The van der Waals surface area contributed by atoms with Crippen LogP contribution in [0.2, 0.25) is 0 Å². The second kappa shape index (κ2) is 6.07. The Bertz CT molecular complexity index is 1150. The van der Waals surface area contributed by atoms with Crippen LogP contribution in [-0.2, 0) is 19.1 Å². The van der Waals surface area contributed by atoms with Crippen molar-refractivity contribution in [1.82, 2.24) is 0 Å². The first-order valence-electron chi connectivity index (χ1n) is 13.5. The summed E-state index contributed by atoms with van der Waals surface area (Å²) in [4.78, 5) is 26.4. The van der Waals surface area contributed by atoms with Gasteiger partial charge in [-0.05, 0) is 67.9 Å². The number of carbonyl (C=O) groups excluding carboxylic acids is 2. The predicted molar refractivity (Wildman–Crippen MR) is 127 cm³/mol. The molecule has 4 saturated carbocycles. The number of Topliss-reactive ketones (excluding diaryl/α,β-unsaturated/α-hetero) is 1. The van der Waals surface area contributed by atoms with Crippen LogP contribution in [0.4, 0.5) is 0 Å². The molecule has 7 aliphatic rings. The molecule has 190 valence electrons. The van der Waals surface area contributed by atoms with E-state index in [2.05, 4.69) is 34.6 Å². The highest BCUT2D eigenvalue weighted by Gasteiger charge is 2.89. The van der Waals surface area contributed by atoms with Crippen molar-refractivity contribution in [2.75, 3.05) is 0 Å². The minimum absolute atomic E-state index is 0.0268. The van der Waals surface area contributed by atoms with Crippen molar-refractivity contribution in [3.63, 3.8) is 0 Å². The molecule has 7 rings (SSSR count). The standard InChI is InChI=1S/C29H38O6/c1-13-7-8-28-10-9-27(6)26(5)12-16(30)18-15(3)19(32)17(31)11-25(18,4)22(26)20-23(34-20)29(27,35-24(28)33)21(28)14(13)2/h11,13-14,16,20-23,30-31H,7-10,12H2,1-6H3/t13-,14+,16-,20+,21-,22-,23+,25+,26-,27+,28+,29-/m1/s1. The van der Waals surface area contributed by atoms with Gasteiger partial charge in [-0.15, -0.1) is 0 Å². The first-order chi connectivity index (χ1) is 16.3. The van der Waals surface area contributed by atoms with Crippen LogP contribution in [0.1, 0.15) is 73.6 Å². The smallest absolute Gasteiger partial charge is 0.313 e. The van der Waals surface area contributed by atoms with Crippen molar-refractivity contribution in [2.45, 2.75) is 97.6 Å². The van der Waals surface area contributed by atoms with Crippen molar-refractivity contribution in [3.05, 3.63) is 23.0 Å². The average Bonchev–Trinajstić information content (AvgIpc) is 3.52. The molecule has 2 saturated heterocycles. The van der Waals surface area contributed by atoms with E-state index < -0.39 is 39.1 Å². The van der Waals surface area contributed by atoms with Gasteiger partial charge in [-0.25, -0.2) is 0 Å². The molecule has 6 nitrogen and oxygen atoms in total. The van der Waals surface area contributed by atoms with E-state index in [9.17, 15) is 19.8 Å². The zero-order valence-corrected chi connectivity index (χ0v) is 21.7. The number of allylic oxidation sites excluding steroid dienone is 2. The monoisotopic (exact) mass is 482 g/mol. The van der Waals surface area contributed by atoms with E-state index in [-0.39, 0.29) is 35.8 Å². The first kappa shape index (κ1) is 22.5. The fourth-order valence-electron chi connectivity index (χ4n) is 11.2. The number of aliphatic hydroxyl groups excluding tert-OH is 2. The maximum Gasteiger partial charge on any atom is 0.313 e. The largest absolute Gasteiger partial charge is 0.504 e. The summed E-state index contributed by atoms with van der Waals surface area (Å²) in [5.74, 6) is 0.265. The van der Waals surface area contributed by atoms with Crippen molar-refractivity contribution < 1.29 is 29.3 Å². The molecule has 2 heterocycles. The molecule has 6 heteroatoms. The summed E-state index contributed by atoms with van der Waals surface area (Å²) in [5.41, 5.74) is -1.46. The molecule has 0 amide bonds. The number of esters is 1. The summed E-state index contributed by atoms with van der Waals surface area (Å²) < 4.78 is 13.3. The highest BCUT2D eigenvalue weighted by molar-refractivity contribution is 6.08. The molecule has 6 fully saturated rings. The molecule has 5 aliphatic carbocycles. The zero-order valence-electron chi connectivity index (χ0n) is 21.7. The molecular formula is C29H38O6. The molecule has 0 aromatic rings. The van der Waals surface area contributed by atoms with Gasteiger partial charge in [0.25, 0.3) is 0 Å². The number of rotatable bonds is 0. The Morgan fingerprint density at radius 2 is 1.77 bits per heavy atom. The van der Waals surface area contributed by atoms with Gasteiger partial charge in [0, 0.05) is 28.2 Å². The lowest BCUT2D eigenvalue weighted by Crippen LogP contribution is -2.75. The first-order valence-corrected chi connectivity index (χ1v) is 13.5. The zero-order chi connectivity index (χ0) is 25.1. The summed E-state index contributed by atoms with van der Waals surface area (Å²) in [6.07, 6.45) is 4.67. The second-order valence-corrected chi connectivity index (χ2v) is 13.8. The predicted octanol–water partition coefficient (Wildman–Crippen LogP) is 4.27. The van der Waals surface area contributed by atoms with E-state index in [1.165, 1.54) is 0 Å². The van der Waals surface area contributed by atoms with Crippen molar-refractivity contribution >= 4 is 11.8 Å². The van der Waals surface area contributed by atoms with Crippen LogP contribution in [0.5, 0.6) is 0 Å². The molecule has 12 atom stereocenters. The minimum atomic E-state index is -0.801. The van der Waals surface area contributed by atoms with Crippen LogP contribution >= 0.6 is 0 Å². The Hall–Kier alpha value is -1.66. The third-order valence-corrected chi connectivity index (χ3v) is 12.9. The van der Waals surface area contributed by atoms with Crippen molar-refractivity contribution in [1.29, 1.82) is 0 Å². The fraction of sp³-hybridized carbons (Fsp3) is 0.793. The summed E-state index contributed by atoms with van der Waals surface area (Å²) in [5, 5.41) is 22.3. The van der Waals surface area contributed by atoms with E-state index >= 15 is 0 Å². The maximum absolute atomic E-state index is 13.7. The van der Waals surface area contributed by atoms with Gasteiger partial charge in [0.2, 0.25) is 5.78 Å². The SMILES string of the molecule is CC1=C2[C@H](O)C[C@]3(C)[C@H]([C@@H]4O[C@@H]4[C@]45OC(=O)[C@@]6(CC[C@@H](C)[C@H](C)[C@H]64)CC[C@]53C)[C@@]2(C)C=C(O)C1=O. The normalized spacial score (nSPS) is 60.0. The van der Waals surface area contributed by atoms with Crippen LogP contribution in [0.15, 0.2) is 23.0 Å². The molecule has 0 aromatic carbocycles. The molecule has 2 bridgehead atoms. The van der Waals surface area contributed by atoms with Gasteiger partial charge in [0.15, 0.2) is 11.4 Å². The lowest BCUT2D eigenvalue weighted by molar-refractivity contribution is -0.254. The number of ketones is 1. The highest BCUT2D eigenvalue weighted by Crippen LogP contribution is 2.82. The van der Waals surface area contributed by atoms with Crippen LogP contribution < -0.4 is 0 Å².